The van der Waals surface area contributed by atoms with Crippen molar-refractivity contribution in [2.24, 2.45) is 11.8 Å². The van der Waals surface area contributed by atoms with Gasteiger partial charge < -0.3 is 19.3 Å². The van der Waals surface area contributed by atoms with E-state index in [1.165, 1.54) is 12.8 Å². The number of hydrogen-bond acceptors (Lipinski definition) is 5. The molecule has 0 aromatic carbocycles. The average molecular weight is 413 g/mol. The monoisotopic (exact) mass is 412 g/mol. The first-order valence-corrected chi connectivity index (χ1v) is 12.2. The second kappa shape index (κ2) is 13.6. The summed E-state index contributed by atoms with van der Waals surface area (Å²) in [5.41, 5.74) is 0. The molecular formula is C24H44O5. The number of carbonyl (C=O) groups is 1. The van der Waals surface area contributed by atoms with Crippen molar-refractivity contribution in [1.82, 2.24) is 0 Å². The van der Waals surface area contributed by atoms with E-state index in [0.717, 1.165) is 70.6 Å². The summed E-state index contributed by atoms with van der Waals surface area (Å²) in [6.45, 7) is 5.94. The molecule has 1 spiro atoms. The van der Waals surface area contributed by atoms with Gasteiger partial charge in [-0.2, -0.15) is 0 Å². The van der Waals surface area contributed by atoms with E-state index in [2.05, 4.69) is 6.92 Å². The summed E-state index contributed by atoms with van der Waals surface area (Å²) >= 11 is 0. The first-order valence-electron chi connectivity index (χ1n) is 12.2. The Morgan fingerprint density at radius 1 is 1.03 bits per heavy atom. The van der Waals surface area contributed by atoms with Crippen molar-refractivity contribution in [3.63, 3.8) is 0 Å². The number of hydrogen-bond donors (Lipinski definition) is 1. The number of aliphatic hydroxyl groups excluding tert-OH is 1. The Morgan fingerprint density at radius 3 is 2.52 bits per heavy atom. The summed E-state index contributed by atoms with van der Waals surface area (Å²) in [6, 6.07) is 0. The van der Waals surface area contributed by atoms with Gasteiger partial charge in [-0.15, -0.1) is 0 Å². The predicted molar refractivity (Wildman–Crippen MR) is 115 cm³/mol. The molecule has 0 bridgehead atoms. The quantitative estimate of drug-likeness (QED) is 0.289. The number of rotatable bonds is 15. The molecule has 0 unspecified atom stereocenters. The lowest BCUT2D eigenvalue weighted by Crippen LogP contribution is -2.36. The third-order valence-corrected chi connectivity index (χ3v) is 6.74. The molecule has 5 nitrogen and oxygen atoms in total. The van der Waals surface area contributed by atoms with Crippen LogP contribution in [-0.2, 0) is 19.0 Å². The Labute approximate surface area is 177 Å². The van der Waals surface area contributed by atoms with Gasteiger partial charge in [0.1, 0.15) is 0 Å². The first kappa shape index (κ1) is 24.6. The number of ether oxygens (including phenoxy) is 3. The molecule has 2 aliphatic rings. The molecule has 0 aromatic heterocycles. The van der Waals surface area contributed by atoms with Gasteiger partial charge in [0.15, 0.2) is 5.79 Å². The molecule has 1 heterocycles. The molecule has 2 fully saturated rings. The van der Waals surface area contributed by atoms with Crippen LogP contribution in [-0.4, -0.2) is 42.8 Å². The van der Waals surface area contributed by atoms with Crippen LogP contribution in [0.15, 0.2) is 0 Å². The standard InChI is InChI=1S/C24H44O5/c1-3-5-8-11-21(25)15-14-20-16-17-24(28-18-19-29-24)22(20)12-9-6-7-10-13-23(26)27-4-2/h20-22,25H,3-19H2,1-2H3/t20-,21-,22+/m0/s1. The fourth-order valence-electron chi connectivity index (χ4n) is 5.16. The highest BCUT2D eigenvalue weighted by Gasteiger charge is 2.51. The molecule has 1 aliphatic heterocycles. The number of unbranched alkanes of at least 4 members (excludes halogenated alkanes) is 5. The number of esters is 1. The SMILES string of the molecule is CCCCC[C@H](O)CC[C@H]1CCC2(OCCO2)[C@@H]1CCCCCCC(=O)OCC. The van der Waals surface area contributed by atoms with E-state index in [0.29, 0.717) is 38.1 Å². The zero-order valence-corrected chi connectivity index (χ0v) is 18.8. The largest absolute Gasteiger partial charge is 0.466 e. The molecule has 0 radical (unpaired) electrons. The highest BCUT2D eigenvalue weighted by molar-refractivity contribution is 5.69. The second-order valence-corrected chi connectivity index (χ2v) is 8.90. The molecule has 29 heavy (non-hydrogen) atoms. The van der Waals surface area contributed by atoms with E-state index in [9.17, 15) is 9.90 Å². The van der Waals surface area contributed by atoms with Gasteiger partial charge in [0.25, 0.3) is 0 Å². The smallest absolute Gasteiger partial charge is 0.305 e. The third-order valence-electron chi connectivity index (χ3n) is 6.74. The van der Waals surface area contributed by atoms with Gasteiger partial charge in [-0.25, -0.2) is 0 Å². The van der Waals surface area contributed by atoms with Crippen LogP contribution in [0.3, 0.4) is 0 Å². The van der Waals surface area contributed by atoms with Gasteiger partial charge in [0.2, 0.25) is 0 Å². The van der Waals surface area contributed by atoms with Gasteiger partial charge in [0.05, 0.1) is 25.9 Å². The van der Waals surface area contributed by atoms with E-state index >= 15 is 0 Å². The van der Waals surface area contributed by atoms with Crippen molar-refractivity contribution in [1.29, 1.82) is 0 Å². The highest BCUT2D eigenvalue weighted by atomic mass is 16.7. The highest BCUT2D eigenvalue weighted by Crippen LogP contribution is 2.50. The van der Waals surface area contributed by atoms with Crippen molar-refractivity contribution >= 4 is 5.97 Å². The summed E-state index contributed by atoms with van der Waals surface area (Å²) < 4.78 is 17.2. The zero-order valence-electron chi connectivity index (χ0n) is 18.8. The van der Waals surface area contributed by atoms with Crippen LogP contribution in [0.25, 0.3) is 0 Å². The van der Waals surface area contributed by atoms with Crippen molar-refractivity contribution in [3.05, 3.63) is 0 Å². The molecule has 1 saturated carbocycles. The molecule has 1 aliphatic carbocycles. The fraction of sp³-hybridized carbons (Fsp3) is 0.958. The summed E-state index contributed by atoms with van der Waals surface area (Å²) in [6.07, 6.45) is 14.4. The Balaban J connectivity index is 1.72. The zero-order chi connectivity index (χ0) is 21.0. The molecule has 1 saturated heterocycles. The van der Waals surface area contributed by atoms with Crippen LogP contribution in [0.2, 0.25) is 0 Å². The molecule has 2 rings (SSSR count). The summed E-state index contributed by atoms with van der Waals surface area (Å²) in [4.78, 5) is 11.4. The molecule has 0 amide bonds. The second-order valence-electron chi connectivity index (χ2n) is 8.90. The Bertz CT molecular complexity index is 447. The maximum Gasteiger partial charge on any atom is 0.305 e. The van der Waals surface area contributed by atoms with Gasteiger partial charge in [-0.05, 0) is 51.4 Å². The van der Waals surface area contributed by atoms with Crippen molar-refractivity contribution in [2.45, 2.75) is 116 Å². The number of carbonyl (C=O) groups excluding carboxylic acids is 1. The minimum absolute atomic E-state index is 0.0763. The molecule has 1 N–H and O–H groups in total. The normalized spacial score (nSPS) is 24.2. The maximum atomic E-state index is 11.4. The van der Waals surface area contributed by atoms with Gasteiger partial charge in [-0.3, -0.25) is 4.79 Å². The predicted octanol–water partition coefficient (Wildman–Crippen LogP) is 5.38. The van der Waals surface area contributed by atoms with Crippen LogP contribution in [0, 0.1) is 11.8 Å². The van der Waals surface area contributed by atoms with Gasteiger partial charge in [-0.1, -0.05) is 45.4 Å². The molecule has 0 aromatic rings. The molecular weight excluding hydrogens is 368 g/mol. The fourth-order valence-corrected chi connectivity index (χ4v) is 5.16. The number of aliphatic hydroxyl groups is 1. The molecule has 170 valence electrons. The van der Waals surface area contributed by atoms with Crippen LogP contribution >= 0.6 is 0 Å². The maximum absolute atomic E-state index is 11.4. The molecule has 5 heteroatoms. The Kier molecular flexibility index (Phi) is 11.6. The van der Waals surface area contributed by atoms with E-state index in [-0.39, 0.29) is 17.9 Å². The van der Waals surface area contributed by atoms with Crippen molar-refractivity contribution < 1.29 is 24.1 Å². The Morgan fingerprint density at radius 2 is 1.79 bits per heavy atom. The van der Waals surface area contributed by atoms with E-state index in [1.807, 2.05) is 6.92 Å². The minimum atomic E-state index is -0.358. The summed E-state index contributed by atoms with van der Waals surface area (Å²) in [7, 11) is 0. The lowest BCUT2D eigenvalue weighted by Gasteiger charge is -2.32. The van der Waals surface area contributed by atoms with E-state index < -0.39 is 0 Å². The van der Waals surface area contributed by atoms with Crippen LogP contribution in [0.1, 0.15) is 104 Å². The van der Waals surface area contributed by atoms with Crippen molar-refractivity contribution in [3.8, 4) is 0 Å². The van der Waals surface area contributed by atoms with Gasteiger partial charge in [0, 0.05) is 18.8 Å². The van der Waals surface area contributed by atoms with Crippen LogP contribution in [0.5, 0.6) is 0 Å². The average Bonchev–Trinajstić information content (AvgIpc) is 3.31. The molecule has 3 atom stereocenters. The minimum Gasteiger partial charge on any atom is -0.466 e. The van der Waals surface area contributed by atoms with E-state index in [1.54, 1.807) is 0 Å². The first-order chi connectivity index (χ1) is 14.1. The topological polar surface area (TPSA) is 65.0 Å². The van der Waals surface area contributed by atoms with Crippen molar-refractivity contribution in [2.75, 3.05) is 19.8 Å². The third kappa shape index (κ3) is 8.18. The van der Waals surface area contributed by atoms with Crippen LogP contribution in [0.4, 0.5) is 0 Å². The van der Waals surface area contributed by atoms with E-state index in [4.69, 9.17) is 14.2 Å². The van der Waals surface area contributed by atoms with Gasteiger partial charge >= 0.3 is 5.97 Å². The summed E-state index contributed by atoms with van der Waals surface area (Å²) in [5.74, 6) is 0.599. The Hall–Kier alpha value is -0.650. The summed E-state index contributed by atoms with van der Waals surface area (Å²) in [5, 5.41) is 10.3. The lowest BCUT2D eigenvalue weighted by molar-refractivity contribution is -0.188. The van der Waals surface area contributed by atoms with Crippen LogP contribution < -0.4 is 0 Å². The lowest BCUT2D eigenvalue weighted by atomic mass is 9.84.